The maximum Gasteiger partial charge on any atom is 0.490 e. The summed E-state index contributed by atoms with van der Waals surface area (Å²) < 4.78 is 76.4. The monoisotopic (exact) mass is 569 g/mol. The molecule has 0 aromatic carbocycles. The third-order valence-electron chi connectivity index (χ3n) is 6.31. The van der Waals surface area contributed by atoms with Crippen molar-refractivity contribution in [1.82, 2.24) is 19.9 Å². The van der Waals surface area contributed by atoms with Crippen molar-refractivity contribution in [3.8, 4) is 0 Å². The van der Waals surface area contributed by atoms with Crippen LogP contribution in [0.2, 0.25) is 0 Å². The molecule has 1 saturated heterocycles. The molecule has 39 heavy (non-hydrogen) atoms. The summed E-state index contributed by atoms with van der Waals surface area (Å²) in [4.78, 5) is 34.8. The van der Waals surface area contributed by atoms with Gasteiger partial charge in [-0.15, -0.1) is 0 Å². The lowest BCUT2D eigenvalue weighted by molar-refractivity contribution is -0.193. The van der Waals surface area contributed by atoms with Crippen LogP contribution in [0.4, 0.5) is 36.7 Å². The van der Waals surface area contributed by atoms with Crippen LogP contribution in [0.15, 0.2) is 36.9 Å². The molecule has 2 aromatic rings. The van der Waals surface area contributed by atoms with Gasteiger partial charge in [0.1, 0.15) is 0 Å². The second-order valence-corrected chi connectivity index (χ2v) is 9.13. The molecule has 0 bridgehead atoms. The first-order chi connectivity index (χ1) is 18.0. The number of anilines is 1. The van der Waals surface area contributed by atoms with Gasteiger partial charge in [-0.1, -0.05) is 6.07 Å². The molecule has 1 aliphatic heterocycles. The van der Waals surface area contributed by atoms with Crippen molar-refractivity contribution in [3.05, 3.63) is 48.3 Å². The van der Waals surface area contributed by atoms with Crippen LogP contribution < -0.4 is 4.90 Å². The van der Waals surface area contributed by atoms with E-state index in [0.29, 0.717) is 17.4 Å². The minimum absolute atomic E-state index is 0.379. The van der Waals surface area contributed by atoms with Crippen LogP contribution in [0, 0.1) is 11.2 Å². The molecule has 216 valence electrons. The number of pyridine rings is 1. The van der Waals surface area contributed by atoms with Gasteiger partial charge >= 0.3 is 24.3 Å². The first kappa shape index (κ1) is 31.7. The summed E-state index contributed by atoms with van der Waals surface area (Å²) >= 11 is 0. The topological polar surface area (TPSA) is 120 Å². The van der Waals surface area contributed by atoms with Gasteiger partial charge in [-0.3, -0.25) is 9.88 Å². The molecule has 9 nitrogen and oxygen atoms in total. The molecule has 3 heterocycles. The Morgan fingerprint density at radius 1 is 1.00 bits per heavy atom. The quantitative estimate of drug-likeness (QED) is 0.523. The maximum absolute atomic E-state index is 13.0. The minimum atomic E-state index is -5.08. The molecule has 0 amide bonds. The summed E-state index contributed by atoms with van der Waals surface area (Å²) in [7, 11) is 2.21. The Morgan fingerprint density at radius 2 is 1.49 bits per heavy atom. The van der Waals surface area contributed by atoms with Gasteiger partial charge in [-0.2, -0.15) is 26.3 Å². The van der Waals surface area contributed by atoms with Gasteiger partial charge < -0.3 is 15.1 Å². The van der Waals surface area contributed by atoms with Gasteiger partial charge in [0, 0.05) is 38.1 Å². The van der Waals surface area contributed by atoms with E-state index in [1.165, 1.54) is 43.6 Å². The van der Waals surface area contributed by atoms with Gasteiger partial charge in [0.2, 0.25) is 5.95 Å². The maximum atomic E-state index is 13.0. The molecule has 2 N–H and O–H groups in total. The summed E-state index contributed by atoms with van der Waals surface area (Å²) in [6, 6.07) is 4.80. The van der Waals surface area contributed by atoms with Crippen molar-refractivity contribution >= 4 is 17.9 Å². The molecule has 4 rings (SSSR count). The highest BCUT2D eigenvalue weighted by atomic mass is 19.4. The smallest absolute Gasteiger partial charge is 0.475 e. The molecule has 0 unspecified atom stereocenters. The van der Waals surface area contributed by atoms with Crippen LogP contribution in [0.3, 0.4) is 0 Å². The van der Waals surface area contributed by atoms with Crippen LogP contribution in [0.1, 0.15) is 31.2 Å². The fourth-order valence-electron chi connectivity index (χ4n) is 4.22. The normalized spacial score (nSPS) is 16.9. The number of carbonyl (C=O) groups is 2. The van der Waals surface area contributed by atoms with Crippen LogP contribution >= 0.6 is 0 Å². The number of alkyl halides is 6. The minimum Gasteiger partial charge on any atom is -0.475 e. The first-order valence-corrected chi connectivity index (χ1v) is 11.4. The molecule has 16 heteroatoms. The summed E-state index contributed by atoms with van der Waals surface area (Å²) in [6.07, 6.45) is 0.977. The van der Waals surface area contributed by atoms with Crippen LogP contribution in [0.25, 0.3) is 0 Å². The highest BCUT2D eigenvalue weighted by molar-refractivity contribution is 5.73. The van der Waals surface area contributed by atoms with E-state index >= 15 is 0 Å². The van der Waals surface area contributed by atoms with Crippen molar-refractivity contribution in [1.29, 1.82) is 0 Å². The number of hydrogen-bond acceptors (Lipinski definition) is 7. The lowest BCUT2D eigenvalue weighted by Crippen LogP contribution is -2.54. The third kappa shape index (κ3) is 9.92. The summed E-state index contributed by atoms with van der Waals surface area (Å²) in [5.41, 5.74) is 1.75. The molecule has 0 atom stereocenters. The van der Waals surface area contributed by atoms with Gasteiger partial charge in [0.05, 0.1) is 12.4 Å². The zero-order valence-corrected chi connectivity index (χ0v) is 20.6. The van der Waals surface area contributed by atoms with Crippen molar-refractivity contribution in [3.63, 3.8) is 0 Å². The van der Waals surface area contributed by atoms with Crippen molar-refractivity contribution < 1.29 is 50.5 Å². The Labute approximate surface area is 218 Å². The Bertz CT molecular complexity index is 1050. The lowest BCUT2D eigenvalue weighted by Gasteiger charge is -2.54. The van der Waals surface area contributed by atoms with Gasteiger partial charge in [-0.05, 0) is 49.8 Å². The van der Waals surface area contributed by atoms with Crippen molar-refractivity contribution in [2.24, 2.45) is 5.41 Å². The summed E-state index contributed by atoms with van der Waals surface area (Å²) in [6.45, 7) is 2.89. The molecular weight excluding hydrogens is 543 g/mol. The van der Waals surface area contributed by atoms with E-state index in [0.717, 1.165) is 19.6 Å². The zero-order chi connectivity index (χ0) is 29.4. The Kier molecular flexibility index (Phi) is 10.5. The fraction of sp³-hybridized carbons (Fsp3) is 0.522. The van der Waals surface area contributed by atoms with Crippen molar-refractivity contribution in [2.45, 2.75) is 50.6 Å². The highest BCUT2D eigenvalue weighted by Gasteiger charge is 2.47. The number of hydrogen-bond donors (Lipinski definition) is 2. The molecule has 2 aliphatic rings. The number of nitrogens with zero attached hydrogens (tertiary/aromatic N) is 5. The predicted molar refractivity (Wildman–Crippen MR) is 122 cm³/mol. The van der Waals surface area contributed by atoms with E-state index in [1.54, 1.807) is 0 Å². The molecule has 1 spiro atoms. The lowest BCUT2D eigenvalue weighted by atomic mass is 9.60. The molecular formula is C23H26F7N5O4. The number of piperidine rings is 1. The second-order valence-electron chi connectivity index (χ2n) is 9.13. The van der Waals surface area contributed by atoms with E-state index in [1.807, 2.05) is 18.5 Å². The van der Waals surface area contributed by atoms with Crippen molar-refractivity contribution in [2.75, 3.05) is 25.0 Å². The van der Waals surface area contributed by atoms with Crippen LogP contribution in [0.5, 0.6) is 0 Å². The molecule has 2 aromatic heterocycles. The number of carboxylic acid groups (broad SMARTS) is 2. The number of aromatic nitrogens is 3. The number of halogens is 7. The van der Waals surface area contributed by atoms with E-state index in [4.69, 9.17) is 19.8 Å². The number of carboxylic acids is 2. The van der Waals surface area contributed by atoms with E-state index in [9.17, 15) is 30.7 Å². The first-order valence-electron chi connectivity index (χ1n) is 11.4. The second kappa shape index (κ2) is 13.0. The molecule has 1 saturated carbocycles. The van der Waals surface area contributed by atoms with Gasteiger partial charge in [-0.25, -0.2) is 23.9 Å². The van der Waals surface area contributed by atoms with Gasteiger partial charge in [0.15, 0.2) is 5.82 Å². The van der Waals surface area contributed by atoms with E-state index in [2.05, 4.69) is 37.9 Å². The largest absolute Gasteiger partial charge is 0.490 e. The predicted octanol–water partition coefficient (Wildman–Crippen LogP) is 4.16. The van der Waals surface area contributed by atoms with Crippen LogP contribution in [-0.2, 0) is 16.1 Å². The Balaban J connectivity index is 0.000000317. The highest BCUT2D eigenvalue weighted by Crippen LogP contribution is 2.51. The number of rotatable bonds is 4. The number of aliphatic carboxylic acids is 2. The Morgan fingerprint density at radius 3 is 1.90 bits per heavy atom. The van der Waals surface area contributed by atoms with E-state index in [-0.39, 0.29) is 5.82 Å². The average Bonchev–Trinajstić information content (AvgIpc) is 2.83. The summed E-state index contributed by atoms with van der Waals surface area (Å²) in [5.74, 6) is -5.24. The Hall–Kier alpha value is -3.56. The standard InChI is InChI=1S/C19H24FN5.2C2HF3O2/c1-24(14-15-3-2-6-21-11-15)17-9-19(10-17)4-7-25(8-5-19)18-22-12-16(20)13-23-18;2*3-2(4,5)1(6)7/h2-3,6,11-13,17H,4-5,7-10,14H2,1H3;2*(H,6,7). The fourth-order valence-corrected chi connectivity index (χ4v) is 4.22. The molecule has 1 aliphatic carbocycles. The van der Waals surface area contributed by atoms with E-state index < -0.39 is 24.3 Å². The molecule has 0 radical (unpaired) electrons. The third-order valence-corrected chi connectivity index (χ3v) is 6.31. The zero-order valence-electron chi connectivity index (χ0n) is 20.6. The van der Waals surface area contributed by atoms with Crippen LogP contribution in [-0.4, -0.2) is 80.5 Å². The van der Waals surface area contributed by atoms with Gasteiger partial charge in [0.25, 0.3) is 0 Å². The average molecular weight is 569 g/mol. The summed E-state index contributed by atoms with van der Waals surface area (Å²) in [5, 5.41) is 14.2. The SMILES string of the molecule is CN(Cc1cccnc1)C1CC2(CCN(c3ncc(F)cn3)CC2)C1.O=C(O)C(F)(F)F.O=C(O)C(F)(F)F. The molecule has 2 fully saturated rings.